The van der Waals surface area contributed by atoms with Crippen LogP contribution in [0.3, 0.4) is 0 Å². The van der Waals surface area contributed by atoms with E-state index >= 15 is 0 Å². The van der Waals surface area contributed by atoms with Gasteiger partial charge in [0.05, 0.1) is 17.2 Å². The average Bonchev–Trinajstić information content (AvgIpc) is 2.63. The first-order valence-corrected chi connectivity index (χ1v) is 8.71. The minimum atomic E-state index is -4.45. The fourth-order valence-corrected chi connectivity index (χ4v) is 3.08. The highest BCUT2D eigenvalue weighted by Gasteiger charge is 2.30. The van der Waals surface area contributed by atoms with Gasteiger partial charge in [0, 0.05) is 17.9 Å². The number of nitrogens with zero attached hydrogens (tertiary/aromatic N) is 1. The van der Waals surface area contributed by atoms with Crippen LogP contribution in [0.25, 0.3) is 0 Å². The summed E-state index contributed by atoms with van der Waals surface area (Å²) in [5.41, 5.74) is -0.338. The molecule has 3 rings (SSSR count). The summed E-state index contributed by atoms with van der Waals surface area (Å²) in [5.74, 6) is -0.163. The zero-order valence-corrected chi connectivity index (χ0v) is 14.5. The number of benzene rings is 1. The van der Waals surface area contributed by atoms with Crippen LogP contribution in [-0.4, -0.2) is 28.1 Å². The van der Waals surface area contributed by atoms with Crippen LogP contribution in [0.2, 0.25) is 0 Å². The van der Waals surface area contributed by atoms with Gasteiger partial charge in [-0.2, -0.15) is 13.2 Å². The molecule has 1 aromatic heterocycles. The van der Waals surface area contributed by atoms with Crippen molar-refractivity contribution < 1.29 is 23.1 Å². The van der Waals surface area contributed by atoms with Crippen LogP contribution < -0.4 is 10.6 Å². The van der Waals surface area contributed by atoms with Gasteiger partial charge in [0.2, 0.25) is 0 Å². The average molecular weight is 379 g/mol. The van der Waals surface area contributed by atoms with Gasteiger partial charge in [-0.3, -0.25) is 4.79 Å². The minimum absolute atomic E-state index is 0.0393. The Labute approximate surface area is 154 Å². The van der Waals surface area contributed by atoms with Crippen molar-refractivity contribution in [3.8, 4) is 0 Å². The third-order valence-electron chi connectivity index (χ3n) is 4.54. The van der Waals surface area contributed by atoms with Crippen LogP contribution in [0, 0.1) is 0 Å². The molecule has 1 saturated carbocycles. The molecule has 1 aromatic carbocycles. The summed E-state index contributed by atoms with van der Waals surface area (Å²) in [6.45, 7) is 0. The van der Waals surface area contributed by atoms with Crippen LogP contribution in [0.15, 0.2) is 42.6 Å². The van der Waals surface area contributed by atoms with Crippen molar-refractivity contribution in [2.45, 2.75) is 44.0 Å². The minimum Gasteiger partial charge on any atom is -0.393 e. The number of amides is 1. The molecule has 8 heteroatoms. The van der Waals surface area contributed by atoms with Crippen LogP contribution in [0.1, 0.15) is 41.6 Å². The zero-order chi connectivity index (χ0) is 19.4. The fourth-order valence-electron chi connectivity index (χ4n) is 3.08. The lowest BCUT2D eigenvalue weighted by Gasteiger charge is -2.26. The first kappa shape index (κ1) is 19.2. The van der Waals surface area contributed by atoms with Crippen LogP contribution >= 0.6 is 0 Å². The van der Waals surface area contributed by atoms with Crippen molar-refractivity contribution in [2.24, 2.45) is 0 Å². The van der Waals surface area contributed by atoms with Gasteiger partial charge in [-0.1, -0.05) is 6.07 Å². The second kappa shape index (κ2) is 7.96. The molecule has 0 unspecified atom stereocenters. The molecule has 0 spiro atoms. The molecule has 2 aromatic rings. The molecule has 0 aliphatic heterocycles. The number of hydrogen-bond acceptors (Lipinski definition) is 4. The van der Waals surface area contributed by atoms with Crippen LogP contribution in [0.4, 0.5) is 24.7 Å². The van der Waals surface area contributed by atoms with Gasteiger partial charge in [-0.05, 0) is 56.0 Å². The van der Waals surface area contributed by atoms with Crippen molar-refractivity contribution >= 4 is 17.4 Å². The normalized spacial score (nSPS) is 20.1. The monoisotopic (exact) mass is 379 g/mol. The molecule has 5 nitrogen and oxygen atoms in total. The third-order valence-corrected chi connectivity index (χ3v) is 4.54. The number of rotatable bonds is 4. The number of pyridine rings is 1. The molecule has 0 radical (unpaired) electrons. The molecule has 1 aliphatic carbocycles. The van der Waals surface area contributed by atoms with Gasteiger partial charge < -0.3 is 15.7 Å². The van der Waals surface area contributed by atoms with Gasteiger partial charge in [-0.15, -0.1) is 0 Å². The van der Waals surface area contributed by atoms with E-state index in [1.54, 1.807) is 12.1 Å². The van der Waals surface area contributed by atoms with E-state index in [9.17, 15) is 23.1 Å². The quantitative estimate of drug-likeness (QED) is 0.754. The van der Waals surface area contributed by atoms with E-state index in [0.29, 0.717) is 25.7 Å². The number of anilines is 2. The number of hydrogen-bond donors (Lipinski definition) is 3. The predicted molar refractivity (Wildman–Crippen MR) is 94.7 cm³/mol. The van der Waals surface area contributed by atoms with E-state index < -0.39 is 11.7 Å². The van der Waals surface area contributed by atoms with Gasteiger partial charge in [-0.25, -0.2) is 4.98 Å². The van der Waals surface area contributed by atoms with Crippen LogP contribution in [0.5, 0.6) is 0 Å². The number of aromatic nitrogens is 1. The molecule has 0 bridgehead atoms. The van der Waals surface area contributed by atoms with Crippen molar-refractivity contribution in [1.82, 2.24) is 10.3 Å². The maximum atomic E-state index is 12.9. The van der Waals surface area contributed by atoms with Gasteiger partial charge in [0.15, 0.2) is 0 Å². The Balaban J connectivity index is 1.75. The molecule has 0 atom stereocenters. The Kier molecular flexibility index (Phi) is 5.65. The summed E-state index contributed by atoms with van der Waals surface area (Å²) in [6.07, 6.45) is -0.680. The standard InChI is InChI=1S/C19H20F3N3O2/c20-19(21,22)12-3-1-4-14(11-12)24-17-16(5-2-10-23-17)18(27)25-13-6-8-15(26)9-7-13/h1-5,10-11,13,15,26H,6-9H2,(H,23,24)(H,25,27). The second-order valence-electron chi connectivity index (χ2n) is 6.58. The number of alkyl halides is 3. The Morgan fingerprint density at radius 3 is 2.56 bits per heavy atom. The Hall–Kier alpha value is -2.61. The van der Waals surface area contributed by atoms with E-state index in [-0.39, 0.29) is 35.1 Å². The third kappa shape index (κ3) is 4.97. The second-order valence-corrected chi connectivity index (χ2v) is 6.58. The van der Waals surface area contributed by atoms with Crippen molar-refractivity contribution in [1.29, 1.82) is 0 Å². The van der Waals surface area contributed by atoms with E-state index in [1.165, 1.54) is 18.3 Å². The molecule has 0 saturated heterocycles. The highest BCUT2D eigenvalue weighted by Crippen LogP contribution is 2.31. The zero-order valence-electron chi connectivity index (χ0n) is 14.5. The summed E-state index contributed by atoms with van der Waals surface area (Å²) < 4.78 is 38.6. The predicted octanol–water partition coefficient (Wildman–Crippen LogP) is 3.88. The summed E-state index contributed by atoms with van der Waals surface area (Å²) in [4.78, 5) is 16.7. The van der Waals surface area contributed by atoms with Crippen molar-refractivity contribution in [3.63, 3.8) is 0 Å². The first-order valence-electron chi connectivity index (χ1n) is 8.71. The summed E-state index contributed by atoms with van der Waals surface area (Å²) in [7, 11) is 0. The van der Waals surface area contributed by atoms with Gasteiger partial charge >= 0.3 is 6.18 Å². The Bertz CT molecular complexity index is 803. The molecule has 144 valence electrons. The number of halogens is 3. The molecule has 3 N–H and O–H groups in total. The fraction of sp³-hybridized carbons (Fsp3) is 0.368. The van der Waals surface area contributed by atoms with Crippen molar-refractivity contribution in [3.05, 3.63) is 53.7 Å². The Morgan fingerprint density at radius 2 is 1.85 bits per heavy atom. The lowest BCUT2D eigenvalue weighted by atomic mass is 9.93. The summed E-state index contributed by atoms with van der Waals surface area (Å²) >= 11 is 0. The number of aliphatic hydroxyl groups excluding tert-OH is 1. The number of carbonyl (C=O) groups excluding carboxylic acids is 1. The SMILES string of the molecule is O=C(NC1CCC(O)CC1)c1cccnc1Nc1cccc(C(F)(F)F)c1. The van der Waals surface area contributed by atoms with Gasteiger partial charge in [0.1, 0.15) is 5.82 Å². The number of nitrogens with one attached hydrogen (secondary N) is 2. The van der Waals surface area contributed by atoms with E-state index in [0.717, 1.165) is 12.1 Å². The topological polar surface area (TPSA) is 74.2 Å². The smallest absolute Gasteiger partial charge is 0.393 e. The lowest BCUT2D eigenvalue weighted by Crippen LogP contribution is -2.38. The first-order chi connectivity index (χ1) is 12.8. The molecule has 1 fully saturated rings. The highest BCUT2D eigenvalue weighted by molar-refractivity contribution is 5.99. The van der Waals surface area contributed by atoms with Crippen molar-refractivity contribution in [2.75, 3.05) is 5.32 Å². The molecule has 1 amide bonds. The number of carbonyl (C=O) groups is 1. The number of aliphatic hydroxyl groups is 1. The molecule has 27 heavy (non-hydrogen) atoms. The highest BCUT2D eigenvalue weighted by atomic mass is 19.4. The van der Waals surface area contributed by atoms with Gasteiger partial charge in [0.25, 0.3) is 5.91 Å². The Morgan fingerprint density at radius 1 is 1.11 bits per heavy atom. The lowest BCUT2D eigenvalue weighted by molar-refractivity contribution is -0.137. The van der Waals surface area contributed by atoms with E-state index in [2.05, 4.69) is 15.6 Å². The summed E-state index contributed by atoms with van der Waals surface area (Å²) in [5, 5.41) is 15.3. The maximum absolute atomic E-state index is 12.9. The summed E-state index contributed by atoms with van der Waals surface area (Å²) in [6, 6.07) is 7.85. The molecule has 1 heterocycles. The maximum Gasteiger partial charge on any atom is 0.416 e. The molecule has 1 aliphatic rings. The van der Waals surface area contributed by atoms with E-state index in [1.807, 2.05) is 0 Å². The van der Waals surface area contributed by atoms with E-state index in [4.69, 9.17) is 0 Å². The molecular weight excluding hydrogens is 359 g/mol. The van der Waals surface area contributed by atoms with Crippen LogP contribution in [-0.2, 0) is 6.18 Å². The largest absolute Gasteiger partial charge is 0.416 e. The molecular formula is C19H20F3N3O2.